The van der Waals surface area contributed by atoms with E-state index in [1.807, 2.05) is 18.3 Å². The van der Waals surface area contributed by atoms with E-state index in [4.69, 9.17) is 10.5 Å². The lowest BCUT2D eigenvalue weighted by molar-refractivity contribution is 0.392. The number of rotatable bonds is 7. The SMILES string of the molecule is [CH2]CC[CH]Oc1ccc(CCc2cnc3c(N)nc4cc(C)ccc4c3c2)cc1. The van der Waals surface area contributed by atoms with Gasteiger partial charge in [0.05, 0.1) is 5.52 Å². The predicted molar refractivity (Wildman–Crippen MR) is 120 cm³/mol. The molecule has 29 heavy (non-hydrogen) atoms. The first-order valence-electron chi connectivity index (χ1n) is 9.95. The summed E-state index contributed by atoms with van der Waals surface area (Å²) in [7, 11) is 0. The summed E-state index contributed by atoms with van der Waals surface area (Å²) < 4.78 is 5.58. The number of fused-ring (bicyclic) bond motifs is 3. The number of hydrogen-bond donors (Lipinski definition) is 1. The molecule has 0 aliphatic heterocycles. The lowest BCUT2D eigenvalue weighted by atomic mass is 10.0. The quantitative estimate of drug-likeness (QED) is 0.333. The smallest absolute Gasteiger partial charge is 0.150 e. The summed E-state index contributed by atoms with van der Waals surface area (Å²) in [6.07, 6.45) is 5.45. The second-order valence-electron chi connectivity index (χ2n) is 7.33. The van der Waals surface area contributed by atoms with Gasteiger partial charge in [-0.05, 0) is 73.6 Å². The zero-order valence-electron chi connectivity index (χ0n) is 16.7. The minimum absolute atomic E-state index is 0.482. The molecular formula is C25H25N3O. The van der Waals surface area contributed by atoms with Crippen molar-refractivity contribution < 1.29 is 4.74 Å². The van der Waals surface area contributed by atoms with Crippen LogP contribution in [0.5, 0.6) is 5.75 Å². The Balaban J connectivity index is 1.53. The Morgan fingerprint density at radius 2 is 1.79 bits per heavy atom. The summed E-state index contributed by atoms with van der Waals surface area (Å²) in [5.41, 5.74) is 11.5. The lowest BCUT2D eigenvalue weighted by Crippen LogP contribution is -1.98. The van der Waals surface area contributed by atoms with E-state index in [1.54, 1.807) is 6.61 Å². The summed E-state index contributed by atoms with van der Waals surface area (Å²) in [6, 6.07) is 16.7. The van der Waals surface area contributed by atoms with Crippen LogP contribution in [-0.2, 0) is 12.8 Å². The Labute approximate surface area is 171 Å². The van der Waals surface area contributed by atoms with Crippen molar-refractivity contribution >= 4 is 27.6 Å². The maximum absolute atomic E-state index is 6.15. The summed E-state index contributed by atoms with van der Waals surface area (Å²) in [6.45, 7) is 7.66. The normalized spacial score (nSPS) is 11.2. The summed E-state index contributed by atoms with van der Waals surface area (Å²) in [5.74, 6) is 1.34. The Morgan fingerprint density at radius 3 is 2.59 bits per heavy atom. The molecule has 0 saturated heterocycles. The summed E-state index contributed by atoms with van der Waals surface area (Å²) in [4.78, 5) is 9.12. The average molecular weight is 383 g/mol. The van der Waals surface area contributed by atoms with E-state index in [-0.39, 0.29) is 0 Å². The fraction of sp³-hybridized carbons (Fsp3) is 0.200. The van der Waals surface area contributed by atoms with Gasteiger partial charge in [0.1, 0.15) is 17.9 Å². The van der Waals surface area contributed by atoms with Crippen molar-refractivity contribution in [2.75, 3.05) is 5.73 Å². The van der Waals surface area contributed by atoms with Crippen molar-refractivity contribution in [1.82, 2.24) is 9.97 Å². The number of hydrogen-bond acceptors (Lipinski definition) is 4. The van der Waals surface area contributed by atoms with Gasteiger partial charge >= 0.3 is 0 Å². The van der Waals surface area contributed by atoms with E-state index in [2.05, 4.69) is 60.2 Å². The van der Waals surface area contributed by atoms with Crippen LogP contribution in [0, 0.1) is 20.5 Å². The van der Waals surface area contributed by atoms with E-state index < -0.39 is 0 Å². The van der Waals surface area contributed by atoms with Crippen molar-refractivity contribution in [1.29, 1.82) is 0 Å². The minimum atomic E-state index is 0.482. The molecule has 0 atom stereocenters. The Bertz CT molecular complexity index is 1140. The van der Waals surface area contributed by atoms with Crippen molar-refractivity contribution in [3.05, 3.63) is 84.9 Å². The van der Waals surface area contributed by atoms with Crippen LogP contribution in [-0.4, -0.2) is 9.97 Å². The lowest BCUT2D eigenvalue weighted by Gasteiger charge is -2.09. The van der Waals surface area contributed by atoms with Gasteiger partial charge in [0.2, 0.25) is 0 Å². The van der Waals surface area contributed by atoms with E-state index >= 15 is 0 Å². The van der Waals surface area contributed by atoms with Gasteiger partial charge in [-0.25, -0.2) is 4.98 Å². The fourth-order valence-electron chi connectivity index (χ4n) is 3.46. The molecule has 0 aliphatic rings. The molecule has 0 saturated carbocycles. The molecular weight excluding hydrogens is 358 g/mol. The van der Waals surface area contributed by atoms with Crippen LogP contribution in [0.25, 0.3) is 21.8 Å². The topological polar surface area (TPSA) is 61.0 Å². The van der Waals surface area contributed by atoms with Crippen molar-refractivity contribution in [2.45, 2.75) is 32.6 Å². The Morgan fingerprint density at radius 1 is 1.00 bits per heavy atom. The van der Waals surface area contributed by atoms with Gasteiger partial charge in [0.25, 0.3) is 0 Å². The maximum atomic E-state index is 6.15. The minimum Gasteiger partial charge on any atom is -0.487 e. The number of nitrogens with two attached hydrogens (primary N) is 1. The van der Waals surface area contributed by atoms with Crippen LogP contribution in [0.4, 0.5) is 5.82 Å². The van der Waals surface area contributed by atoms with Gasteiger partial charge in [0.15, 0.2) is 5.82 Å². The highest BCUT2D eigenvalue weighted by Gasteiger charge is 2.09. The number of nitrogens with zero attached hydrogens (tertiary/aromatic N) is 2. The van der Waals surface area contributed by atoms with E-state index in [9.17, 15) is 0 Å². The maximum Gasteiger partial charge on any atom is 0.150 e. The highest BCUT2D eigenvalue weighted by Crippen LogP contribution is 2.28. The fourth-order valence-corrected chi connectivity index (χ4v) is 3.46. The molecule has 2 aromatic heterocycles. The third-order valence-corrected chi connectivity index (χ3v) is 5.04. The van der Waals surface area contributed by atoms with E-state index in [1.165, 1.54) is 16.7 Å². The first-order valence-corrected chi connectivity index (χ1v) is 9.95. The van der Waals surface area contributed by atoms with Crippen LogP contribution in [0.3, 0.4) is 0 Å². The number of unbranched alkanes of at least 4 members (excludes halogenated alkanes) is 1. The molecule has 0 spiro atoms. The zero-order valence-corrected chi connectivity index (χ0v) is 16.7. The van der Waals surface area contributed by atoms with Crippen LogP contribution in [0.1, 0.15) is 29.5 Å². The van der Waals surface area contributed by atoms with Gasteiger partial charge in [-0.3, -0.25) is 4.98 Å². The Kier molecular flexibility index (Phi) is 5.61. The van der Waals surface area contributed by atoms with Gasteiger partial charge < -0.3 is 10.5 Å². The molecule has 0 fully saturated rings. The number of anilines is 1. The average Bonchev–Trinajstić information content (AvgIpc) is 2.73. The van der Waals surface area contributed by atoms with Gasteiger partial charge in [-0.15, -0.1) is 0 Å². The van der Waals surface area contributed by atoms with Crippen LogP contribution >= 0.6 is 0 Å². The third kappa shape index (κ3) is 4.32. The zero-order chi connectivity index (χ0) is 20.2. The molecule has 0 bridgehead atoms. The highest BCUT2D eigenvalue weighted by molar-refractivity contribution is 6.08. The number of benzene rings is 2. The molecule has 2 radical (unpaired) electrons. The first kappa shape index (κ1) is 19.2. The summed E-state index contributed by atoms with van der Waals surface area (Å²) >= 11 is 0. The van der Waals surface area contributed by atoms with Crippen molar-refractivity contribution in [3.63, 3.8) is 0 Å². The van der Waals surface area contributed by atoms with Gasteiger partial charge in [-0.1, -0.05) is 31.2 Å². The van der Waals surface area contributed by atoms with Crippen LogP contribution < -0.4 is 10.5 Å². The molecule has 0 aliphatic carbocycles. The molecule has 4 aromatic rings. The number of nitrogen functional groups attached to an aromatic ring is 1. The molecule has 2 heterocycles. The molecule has 2 aromatic carbocycles. The molecule has 2 N–H and O–H groups in total. The molecule has 4 rings (SSSR count). The predicted octanol–water partition coefficient (Wildman–Crippen LogP) is 5.61. The second-order valence-corrected chi connectivity index (χ2v) is 7.33. The largest absolute Gasteiger partial charge is 0.487 e. The van der Waals surface area contributed by atoms with Crippen LogP contribution in [0.2, 0.25) is 0 Å². The standard InChI is InChI=1S/C25H25N3O/c1-3-4-13-29-20-10-8-18(9-11-20)6-7-19-15-22-21-12-5-17(2)14-23(21)28-25(26)24(22)27-16-19/h5,8-16H,1,3-4,6-7H2,2H3,(H2,26,28). The van der Waals surface area contributed by atoms with E-state index in [0.29, 0.717) is 5.82 Å². The summed E-state index contributed by atoms with van der Waals surface area (Å²) in [5, 5.41) is 2.16. The van der Waals surface area contributed by atoms with Crippen molar-refractivity contribution in [2.24, 2.45) is 0 Å². The molecule has 0 unspecified atom stereocenters. The molecule has 4 nitrogen and oxygen atoms in total. The number of ether oxygens (including phenoxy) is 1. The molecule has 4 heteroatoms. The van der Waals surface area contributed by atoms with Crippen LogP contribution in [0.15, 0.2) is 54.7 Å². The third-order valence-electron chi connectivity index (χ3n) is 5.04. The Hall–Kier alpha value is -3.14. The molecule has 146 valence electrons. The van der Waals surface area contributed by atoms with Crippen molar-refractivity contribution in [3.8, 4) is 5.75 Å². The number of aryl methyl sites for hydroxylation is 3. The first-order chi connectivity index (χ1) is 14.1. The molecule has 0 amide bonds. The van der Waals surface area contributed by atoms with Gasteiger partial charge in [0, 0.05) is 17.0 Å². The number of aromatic nitrogens is 2. The second kappa shape index (κ2) is 8.48. The number of pyridine rings is 2. The highest BCUT2D eigenvalue weighted by atomic mass is 16.5. The monoisotopic (exact) mass is 383 g/mol. The van der Waals surface area contributed by atoms with Gasteiger partial charge in [-0.2, -0.15) is 0 Å². The van der Waals surface area contributed by atoms with E-state index in [0.717, 1.165) is 53.2 Å².